The summed E-state index contributed by atoms with van der Waals surface area (Å²) in [6, 6.07) is 17.0. The molecule has 0 radical (unpaired) electrons. The molecule has 2 fully saturated rings. The second-order valence-electron chi connectivity index (χ2n) is 7.87. The molecule has 2 aromatic carbocycles. The van der Waals surface area contributed by atoms with Crippen molar-refractivity contribution >= 4 is 32.7 Å². The van der Waals surface area contributed by atoms with Gasteiger partial charge in [-0.05, 0) is 80.9 Å². The number of amides is 1. The van der Waals surface area contributed by atoms with Crippen molar-refractivity contribution in [3.63, 3.8) is 0 Å². The minimum atomic E-state index is 0.162. The monoisotopic (exact) mass is 437 g/mol. The topological polar surface area (TPSA) is 28.5 Å². The van der Waals surface area contributed by atoms with Crippen molar-refractivity contribution in [3.05, 3.63) is 64.8 Å². The molecule has 1 amide bonds. The maximum absolute atomic E-state index is 13.0. The first kappa shape index (κ1) is 18.0. The Morgan fingerprint density at radius 2 is 1.75 bits per heavy atom. The highest BCUT2D eigenvalue weighted by Crippen LogP contribution is 2.25. The minimum absolute atomic E-state index is 0.162. The first-order chi connectivity index (χ1) is 13.7. The fraction of sp³-hybridized carbons (Fsp3) is 0.348. The van der Waals surface area contributed by atoms with Gasteiger partial charge in [0.1, 0.15) is 0 Å². The van der Waals surface area contributed by atoms with Gasteiger partial charge < -0.3 is 9.47 Å². The van der Waals surface area contributed by atoms with Crippen LogP contribution in [0, 0.1) is 0 Å². The smallest absolute Gasteiger partial charge is 0.253 e. The molecule has 3 heterocycles. The van der Waals surface area contributed by atoms with Crippen LogP contribution in [0.3, 0.4) is 0 Å². The van der Waals surface area contributed by atoms with Crippen LogP contribution in [-0.2, 0) is 0 Å². The molecular formula is C23H24BrN3O. The lowest BCUT2D eigenvalue weighted by Gasteiger charge is -2.23. The van der Waals surface area contributed by atoms with Crippen LogP contribution in [0.4, 0.5) is 0 Å². The molecule has 28 heavy (non-hydrogen) atoms. The summed E-state index contributed by atoms with van der Waals surface area (Å²) in [5.41, 5.74) is 3.02. The first-order valence-electron chi connectivity index (χ1n) is 10.1. The van der Waals surface area contributed by atoms with Crippen molar-refractivity contribution in [2.24, 2.45) is 0 Å². The molecule has 0 aliphatic carbocycles. The molecule has 1 aromatic heterocycles. The van der Waals surface area contributed by atoms with Crippen molar-refractivity contribution in [3.8, 4) is 5.69 Å². The number of hydrogen-bond acceptors (Lipinski definition) is 2. The number of fused-ring (bicyclic) bond motifs is 1. The predicted octanol–water partition coefficient (Wildman–Crippen LogP) is 4.70. The average Bonchev–Trinajstić information content (AvgIpc) is 3.46. The van der Waals surface area contributed by atoms with Crippen LogP contribution in [0.15, 0.2) is 59.2 Å². The summed E-state index contributed by atoms with van der Waals surface area (Å²) >= 11 is 3.53. The number of likely N-dealkylation sites (tertiary alicyclic amines) is 2. The lowest BCUT2D eigenvalue weighted by Crippen LogP contribution is -2.37. The van der Waals surface area contributed by atoms with E-state index in [4.69, 9.17) is 0 Å². The maximum atomic E-state index is 13.0. The highest BCUT2D eigenvalue weighted by atomic mass is 79.9. The zero-order chi connectivity index (χ0) is 19.1. The zero-order valence-electron chi connectivity index (χ0n) is 15.9. The Bertz CT molecular complexity index is 1000. The Labute approximate surface area is 173 Å². The van der Waals surface area contributed by atoms with Gasteiger partial charge in [-0.25, -0.2) is 0 Å². The van der Waals surface area contributed by atoms with Gasteiger partial charge in [-0.1, -0.05) is 15.9 Å². The van der Waals surface area contributed by atoms with E-state index in [-0.39, 0.29) is 5.91 Å². The first-order valence-corrected chi connectivity index (χ1v) is 10.9. The molecule has 0 bridgehead atoms. The number of benzene rings is 2. The third kappa shape index (κ3) is 3.27. The van der Waals surface area contributed by atoms with Crippen molar-refractivity contribution in [2.75, 3.05) is 26.2 Å². The normalized spacial score (nSPS) is 20.3. The molecule has 0 N–H and O–H groups in total. The second-order valence-corrected chi connectivity index (χ2v) is 8.79. The molecule has 0 unspecified atom stereocenters. The van der Waals surface area contributed by atoms with E-state index in [9.17, 15) is 4.79 Å². The molecule has 5 rings (SSSR count). The SMILES string of the molecule is O=C(c1ccc(-n2ccc3cc(Br)ccc32)cc1)N1CC[C@H](N2CCCC2)C1. The van der Waals surface area contributed by atoms with Gasteiger partial charge in [0.05, 0.1) is 5.52 Å². The standard InChI is InChI=1S/C23H24BrN3O/c24-19-5-8-22-18(15-19)9-14-27(22)20-6-3-17(4-7-20)23(28)26-13-10-21(16-26)25-11-1-2-12-25/h3-9,14-15,21H,1-2,10-13,16H2/t21-/m0/s1. The lowest BCUT2D eigenvalue weighted by molar-refractivity contribution is 0.0780. The average molecular weight is 438 g/mol. The molecule has 0 spiro atoms. The quantitative estimate of drug-likeness (QED) is 0.593. The Balaban J connectivity index is 1.32. The number of aromatic nitrogens is 1. The van der Waals surface area contributed by atoms with Crippen LogP contribution < -0.4 is 0 Å². The van der Waals surface area contributed by atoms with Crippen molar-refractivity contribution in [1.82, 2.24) is 14.4 Å². The highest BCUT2D eigenvalue weighted by molar-refractivity contribution is 9.10. The Hall–Kier alpha value is -2.11. The van der Waals surface area contributed by atoms with Crippen LogP contribution in [0.1, 0.15) is 29.6 Å². The van der Waals surface area contributed by atoms with E-state index < -0.39 is 0 Å². The fourth-order valence-corrected chi connectivity index (χ4v) is 5.00. The molecule has 4 nitrogen and oxygen atoms in total. The van der Waals surface area contributed by atoms with Crippen LogP contribution >= 0.6 is 15.9 Å². The van der Waals surface area contributed by atoms with Crippen LogP contribution in [0.25, 0.3) is 16.6 Å². The van der Waals surface area contributed by atoms with Crippen LogP contribution in [0.5, 0.6) is 0 Å². The number of halogens is 1. The van der Waals surface area contributed by atoms with Gasteiger partial charge in [0.15, 0.2) is 0 Å². The summed E-state index contributed by atoms with van der Waals surface area (Å²) in [6.07, 6.45) is 5.79. The van der Waals surface area contributed by atoms with E-state index in [1.807, 2.05) is 29.2 Å². The van der Waals surface area contributed by atoms with Gasteiger partial charge in [0.2, 0.25) is 0 Å². The largest absolute Gasteiger partial charge is 0.337 e. The molecule has 2 aliphatic heterocycles. The number of carbonyl (C=O) groups excluding carboxylic acids is 1. The van der Waals surface area contributed by atoms with E-state index in [2.05, 4.69) is 55.9 Å². The van der Waals surface area contributed by atoms with E-state index >= 15 is 0 Å². The second kappa shape index (κ2) is 7.37. The zero-order valence-corrected chi connectivity index (χ0v) is 17.4. The molecule has 5 heteroatoms. The fourth-order valence-electron chi connectivity index (χ4n) is 4.62. The maximum Gasteiger partial charge on any atom is 0.253 e. The number of nitrogens with zero attached hydrogens (tertiary/aromatic N) is 3. The van der Waals surface area contributed by atoms with Gasteiger partial charge in [-0.3, -0.25) is 9.69 Å². The van der Waals surface area contributed by atoms with Crippen molar-refractivity contribution in [2.45, 2.75) is 25.3 Å². The number of hydrogen-bond donors (Lipinski definition) is 0. The predicted molar refractivity (Wildman–Crippen MR) is 116 cm³/mol. The summed E-state index contributed by atoms with van der Waals surface area (Å²) in [5.74, 6) is 0.162. The minimum Gasteiger partial charge on any atom is -0.337 e. The van der Waals surface area contributed by atoms with E-state index in [1.165, 1.54) is 31.3 Å². The Morgan fingerprint density at radius 1 is 0.964 bits per heavy atom. The molecule has 1 atom stereocenters. The molecule has 3 aromatic rings. The summed E-state index contributed by atoms with van der Waals surface area (Å²) in [7, 11) is 0. The number of rotatable bonds is 3. The molecule has 2 saturated heterocycles. The van der Waals surface area contributed by atoms with E-state index in [0.29, 0.717) is 6.04 Å². The van der Waals surface area contributed by atoms with Crippen LogP contribution in [0.2, 0.25) is 0 Å². The lowest BCUT2D eigenvalue weighted by atomic mass is 10.1. The van der Waals surface area contributed by atoms with E-state index in [1.54, 1.807) is 0 Å². The van der Waals surface area contributed by atoms with Gasteiger partial charge in [-0.2, -0.15) is 0 Å². The summed E-state index contributed by atoms with van der Waals surface area (Å²) in [4.78, 5) is 17.5. The Kier molecular flexibility index (Phi) is 4.73. The van der Waals surface area contributed by atoms with E-state index in [0.717, 1.165) is 40.8 Å². The highest BCUT2D eigenvalue weighted by Gasteiger charge is 2.31. The van der Waals surface area contributed by atoms with Gasteiger partial charge in [0, 0.05) is 46.4 Å². The summed E-state index contributed by atoms with van der Waals surface area (Å²) in [6.45, 7) is 4.14. The van der Waals surface area contributed by atoms with Gasteiger partial charge >= 0.3 is 0 Å². The Morgan fingerprint density at radius 3 is 2.54 bits per heavy atom. The van der Waals surface area contributed by atoms with Crippen molar-refractivity contribution in [1.29, 1.82) is 0 Å². The third-order valence-corrected chi connectivity index (χ3v) is 6.65. The van der Waals surface area contributed by atoms with Crippen LogP contribution in [-0.4, -0.2) is 52.5 Å². The van der Waals surface area contributed by atoms with Gasteiger partial charge in [0.25, 0.3) is 5.91 Å². The molecule has 0 saturated carbocycles. The third-order valence-electron chi connectivity index (χ3n) is 6.15. The van der Waals surface area contributed by atoms with Gasteiger partial charge in [-0.15, -0.1) is 0 Å². The van der Waals surface area contributed by atoms with Crippen molar-refractivity contribution < 1.29 is 4.79 Å². The summed E-state index contributed by atoms with van der Waals surface area (Å²) < 4.78 is 3.24. The summed E-state index contributed by atoms with van der Waals surface area (Å²) in [5, 5.41) is 1.19. The molecule has 2 aliphatic rings. The molecule has 144 valence electrons. The number of carbonyl (C=O) groups is 1. The molecular weight excluding hydrogens is 414 g/mol.